The molecule has 0 saturated carbocycles. The number of nitrogens with zero attached hydrogens (tertiary/aromatic N) is 3. The smallest absolute Gasteiger partial charge is 0.329 e. The maximum absolute atomic E-state index is 11.4. The summed E-state index contributed by atoms with van der Waals surface area (Å²) >= 11 is 0. The first-order valence-corrected chi connectivity index (χ1v) is 5.83. The minimum atomic E-state index is -0.523. The fourth-order valence-electron chi connectivity index (χ4n) is 1.98. The molecule has 0 radical (unpaired) electrons. The molecule has 2 aromatic rings. The van der Waals surface area contributed by atoms with Crippen LogP contribution in [0.4, 0.5) is 11.5 Å². The molecule has 0 aliphatic carbocycles. The van der Waals surface area contributed by atoms with Gasteiger partial charge in [0.2, 0.25) is 0 Å². The van der Waals surface area contributed by atoms with Crippen LogP contribution >= 0.6 is 0 Å². The number of anilines is 2. The van der Waals surface area contributed by atoms with E-state index in [4.69, 9.17) is 5.26 Å². The molecule has 1 aromatic heterocycles. The number of nitriles is 1. The number of benzene rings is 1. The average Bonchev–Trinajstić information content (AvgIpc) is 2.37. The minimum absolute atomic E-state index is 0.201. The summed E-state index contributed by atoms with van der Waals surface area (Å²) in [5.74, 6) is 0.451. The van der Waals surface area contributed by atoms with Crippen LogP contribution in [0.2, 0.25) is 0 Å². The van der Waals surface area contributed by atoms with Gasteiger partial charge >= 0.3 is 5.69 Å². The van der Waals surface area contributed by atoms with Crippen molar-refractivity contribution < 1.29 is 0 Å². The Labute approximate surface area is 111 Å². The predicted octanol–water partition coefficient (Wildman–Crippen LogP) is 2.03. The van der Waals surface area contributed by atoms with E-state index in [-0.39, 0.29) is 5.69 Å². The molecule has 19 heavy (non-hydrogen) atoms. The van der Waals surface area contributed by atoms with Crippen LogP contribution in [-0.2, 0) is 0 Å². The van der Waals surface area contributed by atoms with Crippen LogP contribution in [0, 0.1) is 25.2 Å². The molecule has 1 aromatic carbocycles. The molecule has 0 saturated heterocycles. The molecule has 0 aliphatic rings. The van der Waals surface area contributed by atoms with Crippen LogP contribution in [0.1, 0.15) is 16.8 Å². The highest BCUT2D eigenvalue weighted by atomic mass is 16.1. The number of nitrogens with one attached hydrogen (secondary N) is 1. The molecular weight excluding hydrogens is 240 g/mol. The van der Waals surface area contributed by atoms with Crippen molar-refractivity contribution in [2.24, 2.45) is 0 Å². The van der Waals surface area contributed by atoms with Gasteiger partial charge in [-0.2, -0.15) is 10.2 Å². The summed E-state index contributed by atoms with van der Waals surface area (Å²) in [7, 11) is 1.82. The lowest BCUT2D eigenvalue weighted by Crippen LogP contribution is -2.20. The van der Waals surface area contributed by atoms with Gasteiger partial charge in [-0.15, -0.1) is 0 Å². The molecular formula is C14H14N4O. The Morgan fingerprint density at radius 2 is 2.05 bits per heavy atom. The Morgan fingerprint density at radius 3 is 2.68 bits per heavy atom. The Hall–Kier alpha value is -2.61. The number of aromatic nitrogens is 2. The van der Waals surface area contributed by atoms with E-state index < -0.39 is 5.69 Å². The molecule has 5 nitrogen and oxygen atoms in total. The molecule has 0 spiro atoms. The topological polar surface area (TPSA) is 72.8 Å². The van der Waals surface area contributed by atoms with E-state index in [9.17, 15) is 4.79 Å². The largest absolute Gasteiger partial charge is 0.347 e. The van der Waals surface area contributed by atoms with Crippen LogP contribution in [0.5, 0.6) is 0 Å². The summed E-state index contributed by atoms with van der Waals surface area (Å²) in [6.45, 7) is 4.02. The Kier molecular flexibility index (Phi) is 3.34. The van der Waals surface area contributed by atoms with Crippen LogP contribution < -0.4 is 10.6 Å². The number of aromatic amines is 1. The van der Waals surface area contributed by atoms with E-state index in [1.807, 2.05) is 39.1 Å². The van der Waals surface area contributed by atoms with Crippen LogP contribution in [0.15, 0.2) is 29.1 Å². The molecule has 2 rings (SSSR count). The van der Waals surface area contributed by atoms with Crippen molar-refractivity contribution in [1.82, 2.24) is 9.97 Å². The van der Waals surface area contributed by atoms with Gasteiger partial charge in [-0.3, -0.25) is 4.98 Å². The van der Waals surface area contributed by atoms with Gasteiger partial charge in [0.1, 0.15) is 17.6 Å². The second-order valence-electron chi connectivity index (χ2n) is 4.42. The standard InChI is InChI=1S/C14H14N4O/c1-9-4-5-12(10(2)6-9)18(3)13-7-11(8-15)16-14(19)17-13/h4-7H,1-3H3,(H,16,17,19). The van der Waals surface area contributed by atoms with E-state index in [0.717, 1.165) is 11.3 Å². The first kappa shape index (κ1) is 12.8. The lowest BCUT2D eigenvalue weighted by atomic mass is 10.1. The quantitative estimate of drug-likeness (QED) is 0.889. The van der Waals surface area contributed by atoms with Gasteiger partial charge in [0, 0.05) is 18.8 Å². The first-order valence-electron chi connectivity index (χ1n) is 5.83. The van der Waals surface area contributed by atoms with E-state index in [1.54, 1.807) is 11.0 Å². The highest BCUT2D eigenvalue weighted by Gasteiger charge is 2.10. The molecule has 1 heterocycles. The summed E-state index contributed by atoms with van der Waals surface area (Å²) in [4.78, 5) is 19.5. The lowest BCUT2D eigenvalue weighted by Gasteiger charge is -2.20. The summed E-state index contributed by atoms with van der Waals surface area (Å²) in [5, 5.41) is 8.86. The summed E-state index contributed by atoms with van der Waals surface area (Å²) in [5.41, 5.74) is 2.89. The third-order valence-electron chi connectivity index (χ3n) is 2.91. The molecule has 1 N–H and O–H groups in total. The summed E-state index contributed by atoms with van der Waals surface area (Å²) < 4.78 is 0. The third-order valence-corrected chi connectivity index (χ3v) is 2.91. The number of aryl methyl sites for hydroxylation is 2. The second kappa shape index (κ2) is 4.94. The van der Waals surface area contributed by atoms with Crippen molar-refractivity contribution in [3.05, 3.63) is 51.6 Å². The number of hydrogen-bond donors (Lipinski definition) is 1. The van der Waals surface area contributed by atoms with Crippen LogP contribution in [0.3, 0.4) is 0 Å². The fourth-order valence-corrected chi connectivity index (χ4v) is 1.98. The van der Waals surface area contributed by atoms with Gasteiger partial charge in [0.05, 0.1) is 0 Å². The zero-order valence-electron chi connectivity index (χ0n) is 11.1. The van der Waals surface area contributed by atoms with E-state index in [1.165, 1.54) is 5.56 Å². The van der Waals surface area contributed by atoms with Crippen molar-refractivity contribution in [3.63, 3.8) is 0 Å². The number of hydrogen-bond acceptors (Lipinski definition) is 4. The predicted molar refractivity (Wildman–Crippen MR) is 73.6 cm³/mol. The van der Waals surface area contributed by atoms with Crippen molar-refractivity contribution >= 4 is 11.5 Å². The highest BCUT2D eigenvalue weighted by molar-refractivity contribution is 5.63. The number of H-pyrrole nitrogens is 1. The van der Waals surface area contributed by atoms with Gasteiger partial charge in [0.25, 0.3) is 0 Å². The average molecular weight is 254 g/mol. The van der Waals surface area contributed by atoms with Crippen LogP contribution in [-0.4, -0.2) is 17.0 Å². The second-order valence-corrected chi connectivity index (χ2v) is 4.42. The Bertz CT molecular complexity index is 712. The summed E-state index contributed by atoms with van der Waals surface area (Å²) in [6.07, 6.45) is 0. The molecule has 5 heteroatoms. The molecule has 0 aliphatic heterocycles. The lowest BCUT2D eigenvalue weighted by molar-refractivity contribution is 1.01. The van der Waals surface area contributed by atoms with Gasteiger partial charge in [0.15, 0.2) is 0 Å². The van der Waals surface area contributed by atoms with Crippen LogP contribution in [0.25, 0.3) is 0 Å². The van der Waals surface area contributed by atoms with Gasteiger partial charge in [-0.1, -0.05) is 17.7 Å². The van der Waals surface area contributed by atoms with Crippen molar-refractivity contribution in [1.29, 1.82) is 5.26 Å². The first-order chi connectivity index (χ1) is 9.01. The third kappa shape index (κ3) is 2.63. The summed E-state index contributed by atoms with van der Waals surface area (Å²) in [6, 6.07) is 9.50. The van der Waals surface area contributed by atoms with Gasteiger partial charge in [-0.05, 0) is 25.5 Å². The monoisotopic (exact) mass is 254 g/mol. The normalized spacial score (nSPS) is 10.0. The molecule has 0 fully saturated rings. The number of rotatable bonds is 2. The Balaban J connectivity index is 2.50. The maximum Gasteiger partial charge on any atom is 0.347 e. The van der Waals surface area contributed by atoms with Gasteiger partial charge in [-0.25, -0.2) is 4.79 Å². The van der Waals surface area contributed by atoms with Gasteiger partial charge < -0.3 is 4.90 Å². The van der Waals surface area contributed by atoms with Crippen molar-refractivity contribution in [3.8, 4) is 6.07 Å². The molecule has 0 atom stereocenters. The zero-order valence-corrected chi connectivity index (χ0v) is 11.1. The molecule has 0 unspecified atom stereocenters. The van der Waals surface area contributed by atoms with Crippen molar-refractivity contribution in [2.45, 2.75) is 13.8 Å². The molecule has 0 amide bonds. The van der Waals surface area contributed by atoms with Crippen molar-refractivity contribution in [2.75, 3.05) is 11.9 Å². The zero-order chi connectivity index (χ0) is 14.0. The van der Waals surface area contributed by atoms with E-state index in [0.29, 0.717) is 5.82 Å². The molecule has 96 valence electrons. The molecule has 0 bridgehead atoms. The highest BCUT2D eigenvalue weighted by Crippen LogP contribution is 2.25. The Morgan fingerprint density at radius 1 is 1.32 bits per heavy atom. The maximum atomic E-state index is 11.4. The SMILES string of the molecule is Cc1ccc(N(C)c2cc(C#N)[nH]c(=O)n2)c(C)c1. The van der Waals surface area contributed by atoms with E-state index in [2.05, 4.69) is 16.0 Å². The van der Waals surface area contributed by atoms with E-state index >= 15 is 0 Å². The fraction of sp³-hybridized carbons (Fsp3) is 0.214. The minimum Gasteiger partial charge on any atom is -0.329 e.